The highest BCUT2D eigenvalue weighted by Crippen LogP contribution is 2.22. The molecule has 0 saturated carbocycles. The number of hydrogen-bond donors (Lipinski definition) is 2. The zero-order chi connectivity index (χ0) is 15.4. The molecule has 4 heteroatoms. The van der Waals surface area contributed by atoms with Crippen LogP contribution >= 0.6 is 0 Å². The molecule has 0 aliphatic carbocycles. The third-order valence-electron chi connectivity index (χ3n) is 3.60. The molecule has 1 aromatic carbocycles. The molecule has 1 unspecified atom stereocenters. The first-order valence-corrected chi connectivity index (χ1v) is 7.02. The lowest BCUT2D eigenvalue weighted by Crippen LogP contribution is -2.53. The molecule has 1 amide bonds. The number of carbonyl (C=O) groups is 1. The van der Waals surface area contributed by atoms with E-state index < -0.39 is 5.54 Å². The van der Waals surface area contributed by atoms with Crippen molar-refractivity contribution in [3.63, 3.8) is 0 Å². The Morgan fingerprint density at radius 3 is 2.30 bits per heavy atom. The maximum atomic E-state index is 12.9. The minimum Gasteiger partial charge on any atom is -0.354 e. The smallest absolute Gasteiger partial charge is 0.239 e. The van der Waals surface area contributed by atoms with E-state index in [1.54, 1.807) is 19.1 Å². The Hall–Kier alpha value is -1.42. The van der Waals surface area contributed by atoms with Crippen molar-refractivity contribution in [3.8, 4) is 0 Å². The van der Waals surface area contributed by atoms with Gasteiger partial charge in [0.15, 0.2) is 0 Å². The highest BCUT2D eigenvalue weighted by atomic mass is 19.1. The van der Waals surface area contributed by atoms with Crippen molar-refractivity contribution in [2.24, 2.45) is 5.73 Å². The molecule has 0 bridgehead atoms. The maximum absolute atomic E-state index is 12.9. The molecule has 112 valence electrons. The van der Waals surface area contributed by atoms with Crippen molar-refractivity contribution in [2.75, 3.05) is 6.54 Å². The number of hydrogen-bond acceptors (Lipinski definition) is 2. The van der Waals surface area contributed by atoms with Crippen LogP contribution in [0.2, 0.25) is 0 Å². The third-order valence-corrected chi connectivity index (χ3v) is 3.60. The molecule has 1 atom stereocenters. The average Bonchev–Trinajstić information content (AvgIpc) is 2.36. The first-order valence-electron chi connectivity index (χ1n) is 7.02. The lowest BCUT2D eigenvalue weighted by molar-refractivity contribution is -0.126. The van der Waals surface area contributed by atoms with Gasteiger partial charge in [-0.05, 0) is 31.0 Å². The molecule has 1 aromatic rings. The van der Waals surface area contributed by atoms with Crippen LogP contribution in [-0.4, -0.2) is 18.0 Å². The number of carbonyl (C=O) groups excluding carboxylic acids is 1. The Morgan fingerprint density at radius 2 is 1.80 bits per heavy atom. The van der Waals surface area contributed by atoms with Gasteiger partial charge in [-0.25, -0.2) is 4.39 Å². The van der Waals surface area contributed by atoms with Gasteiger partial charge in [0.1, 0.15) is 5.82 Å². The zero-order valence-corrected chi connectivity index (χ0v) is 12.8. The second-order valence-corrected chi connectivity index (χ2v) is 6.24. The van der Waals surface area contributed by atoms with Gasteiger partial charge in [0, 0.05) is 12.0 Å². The number of amides is 1. The molecule has 20 heavy (non-hydrogen) atoms. The predicted molar refractivity (Wildman–Crippen MR) is 79.9 cm³/mol. The monoisotopic (exact) mass is 280 g/mol. The lowest BCUT2D eigenvalue weighted by Gasteiger charge is -2.29. The predicted octanol–water partition coefficient (Wildman–Crippen LogP) is 2.74. The Labute approximate surface area is 120 Å². The molecule has 3 nitrogen and oxygen atoms in total. The number of rotatable bonds is 6. The molecular weight excluding hydrogens is 255 g/mol. The van der Waals surface area contributed by atoms with Crippen molar-refractivity contribution in [3.05, 3.63) is 35.6 Å². The fourth-order valence-corrected chi connectivity index (χ4v) is 2.14. The Kier molecular flexibility index (Phi) is 5.28. The van der Waals surface area contributed by atoms with Crippen molar-refractivity contribution >= 4 is 5.91 Å². The van der Waals surface area contributed by atoms with E-state index in [1.165, 1.54) is 12.1 Å². The quantitative estimate of drug-likeness (QED) is 0.842. The van der Waals surface area contributed by atoms with E-state index in [-0.39, 0.29) is 17.1 Å². The first kappa shape index (κ1) is 16.6. The minimum atomic E-state index is -0.840. The topological polar surface area (TPSA) is 55.1 Å². The number of benzene rings is 1. The lowest BCUT2D eigenvalue weighted by atomic mass is 9.84. The summed E-state index contributed by atoms with van der Waals surface area (Å²) in [6, 6.07) is 6.36. The molecule has 0 aromatic heterocycles. The van der Waals surface area contributed by atoms with Gasteiger partial charge in [-0.3, -0.25) is 4.79 Å². The van der Waals surface area contributed by atoms with Crippen LogP contribution in [0.15, 0.2) is 24.3 Å². The molecule has 0 saturated heterocycles. The average molecular weight is 280 g/mol. The van der Waals surface area contributed by atoms with Gasteiger partial charge in [-0.1, -0.05) is 39.3 Å². The fourth-order valence-electron chi connectivity index (χ4n) is 2.14. The van der Waals surface area contributed by atoms with Crippen molar-refractivity contribution in [2.45, 2.75) is 51.5 Å². The second-order valence-electron chi connectivity index (χ2n) is 6.24. The summed E-state index contributed by atoms with van der Waals surface area (Å²) < 4.78 is 12.9. The van der Waals surface area contributed by atoms with Gasteiger partial charge in [0.25, 0.3) is 0 Å². The standard InChI is InChI=1S/C16H25FN2O/c1-5-10-16(4,18)14(20)19-11-15(2,3)12-6-8-13(17)9-7-12/h6-9H,5,10-11,18H2,1-4H3,(H,19,20). The Bertz CT molecular complexity index is 452. The van der Waals surface area contributed by atoms with E-state index in [9.17, 15) is 9.18 Å². The van der Waals surface area contributed by atoms with Gasteiger partial charge in [0.2, 0.25) is 5.91 Å². The summed E-state index contributed by atoms with van der Waals surface area (Å²) in [5, 5.41) is 2.90. The van der Waals surface area contributed by atoms with Gasteiger partial charge in [0.05, 0.1) is 5.54 Å². The van der Waals surface area contributed by atoms with E-state index in [0.29, 0.717) is 13.0 Å². The van der Waals surface area contributed by atoms with Crippen LogP contribution in [0.5, 0.6) is 0 Å². The van der Waals surface area contributed by atoms with Crippen LogP contribution in [0, 0.1) is 5.82 Å². The molecule has 0 heterocycles. The molecule has 0 aliphatic rings. The van der Waals surface area contributed by atoms with Gasteiger partial charge in [-0.2, -0.15) is 0 Å². The first-order chi connectivity index (χ1) is 9.19. The zero-order valence-electron chi connectivity index (χ0n) is 12.8. The SMILES string of the molecule is CCCC(C)(N)C(=O)NCC(C)(C)c1ccc(F)cc1. The Balaban J connectivity index is 2.68. The molecular formula is C16H25FN2O. The summed E-state index contributed by atoms with van der Waals surface area (Å²) in [6.45, 7) is 8.23. The van der Waals surface area contributed by atoms with E-state index >= 15 is 0 Å². The Morgan fingerprint density at radius 1 is 1.25 bits per heavy atom. The molecule has 3 N–H and O–H groups in total. The summed E-state index contributed by atoms with van der Waals surface area (Å²) in [4.78, 5) is 12.1. The molecule has 0 aliphatic heterocycles. The van der Waals surface area contributed by atoms with Crippen LogP contribution in [0.1, 0.15) is 46.1 Å². The fraction of sp³-hybridized carbons (Fsp3) is 0.562. The molecule has 1 rings (SSSR count). The van der Waals surface area contributed by atoms with Gasteiger partial charge in [-0.15, -0.1) is 0 Å². The van der Waals surface area contributed by atoms with Crippen LogP contribution in [0.3, 0.4) is 0 Å². The van der Waals surface area contributed by atoms with Crippen LogP contribution in [0.4, 0.5) is 4.39 Å². The summed E-state index contributed by atoms with van der Waals surface area (Å²) in [7, 11) is 0. The van der Waals surface area contributed by atoms with E-state index in [0.717, 1.165) is 12.0 Å². The van der Waals surface area contributed by atoms with E-state index in [4.69, 9.17) is 5.73 Å². The van der Waals surface area contributed by atoms with Crippen molar-refractivity contribution in [1.29, 1.82) is 0 Å². The highest BCUT2D eigenvalue weighted by Gasteiger charge is 2.29. The molecule has 0 radical (unpaired) electrons. The van der Waals surface area contributed by atoms with E-state index in [2.05, 4.69) is 5.32 Å². The molecule has 0 spiro atoms. The van der Waals surface area contributed by atoms with Crippen LogP contribution < -0.4 is 11.1 Å². The number of nitrogens with two attached hydrogens (primary N) is 1. The number of nitrogens with one attached hydrogen (secondary N) is 1. The van der Waals surface area contributed by atoms with Gasteiger partial charge >= 0.3 is 0 Å². The molecule has 0 fully saturated rings. The largest absolute Gasteiger partial charge is 0.354 e. The summed E-state index contributed by atoms with van der Waals surface area (Å²) >= 11 is 0. The third kappa shape index (κ3) is 4.30. The summed E-state index contributed by atoms with van der Waals surface area (Å²) in [5.41, 5.74) is 5.87. The van der Waals surface area contributed by atoms with Crippen LogP contribution in [-0.2, 0) is 10.2 Å². The maximum Gasteiger partial charge on any atom is 0.239 e. The van der Waals surface area contributed by atoms with Gasteiger partial charge < -0.3 is 11.1 Å². The summed E-state index contributed by atoms with van der Waals surface area (Å²) in [5.74, 6) is -0.402. The summed E-state index contributed by atoms with van der Waals surface area (Å²) in [6.07, 6.45) is 1.51. The second kappa shape index (κ2) is 6.35. The van der Waals surface area contributed by atoms with E-state index in [1.807, 2.05) is 20.8 Å². The van der Waals surface area contributed by atoms with Crippen LogP contribution in [0.25, 0.3) is 0 Å². The van der Waals surface area contributed by atoms with Crippen molar-refractivity contribution < 1.29 is 9.18 Å². The number of halogens is 1. The van der Waals surface area contributed by atoms with Crippen molar-refractivity contribution in [1.82, 2.24) is 5.32 Å². The highest BCUT2D eigenvalue weighted by molar-refractivity contribution is 5.85. The minimum absolute atomic E-state index is 0.144. The normalized spacial score (nSPS) is 14.7.